The van der Waals surface area contributed by atoms with Gasteiger partial charge in [0.05, 0.1) is 11.8 Å². The van der Waals surface area contributed by atoms with Crippen molar-refractivity contribution in [1.82, 2.24) is 14.6 Å². The highest BCUT2D eigenvalue weighted by atomic mass is 16.3. The second kappa shape index (κ2) is 4.91. The van der Waals surface area contributed by atoms with Gasteiger partial charge in [-0.05, 0) is 30.9 Å². The van der Waals surface area contributed by atoms with Gasteiger partial charge >= 0.3 is 0 Å². The molecule has 0 saturated heterocycles. The molecule has 0 bridgehead atoms. The number of rotatable bonds is 2. The van der Waals surface area contributed by atoms with Crippen LogP contribution >= 0.6 is 0 Å². The average molecular weight is 283 g/mol. The van der Waals surface area contributed by atoms with E-state index in [4.69, 9.17) is 4.42 Å². The van der Waals surface area contributed by atoms with Crippen molar-refractivity contribution < 1.29 is 4.42 Å². The Labute approximate surface area is 121 Å². The van der Waals surface area contributed by atoms with E-state index in [2.05, 4.69) is 10.1 Å². The van der Waals surface area contributed by atoms with Crippen LogP contribution in [0.2, 0.25) is 0 Å². The molecule has 1 aliphatic carbocycles. The standard InChI is InChI=1S/C16H17N3O2/c20-16-14(11-5-2-1-3-6-11)15(12-7-4-10-21-12)18-13-8-9-17-19(13)16/h4,7-11,17H,1-3,5-6H2. The minimum Gasteiger partial charge on any atom is -0.463 e. The van der Waals surface area contributed by atoms with E-state index in [9.17, 15) is 4.79 Å². The molecule has 3 heterocycles. The van der Waals surface area contributed by atoms with Crippen LogP contribution in [0, 0.1) is 0 Å². The Morgan fingerprint density at radius 2 is 2.10 bits per heavy atom. The fourth-order valence-electron chi connectivity index (χ4n) is 3.33. The van der Waals surface area contributed by atoms with E-state index in [-0.39, 0.29) is 11.5 Å². The van der Waals surface area contributed by atoms with Crippen molar-refractivity contribution in [1.29, 1.82) is 0 Å². The first-order valence-electron chi connectivity index (χ1n) is 7.48. The summed E-state index contributed by atoms with van der Waals surface area (Å²) < 4.78 is 7.03. The number of aromatic amines is 1. The van der Waals surface area contributed by atoms with Gasteiger partial charge in [-0.1, -0.05) is 19.3 Å². The second-order valence-corrected chi connectivity index (χ2v) is 5.65. The lowest BCUT2D eigenvalue weighted by Crippen LogP contribution is -2.25. The van der Waals surface area contributed by atoms with Crippen molar-refractivity contribution in [2.24, 2.45) is 0 Å². The number of aromatic nitrogens is 3. The molecule has 0 spiro atoms. The summed E-state index contributed by atoms with van der Waals surface area (Å²) in [5.74, 6) is 0.954. The smallest absolute Gasteiger partial charge is 0.276 e. The number of furan rings is 1. The largest absolute Gasteiger partial charge is 0.463 e. The second-order valence-electron chi connectivity index (χ2n) is 5.65. The van der Waals surface area contributed by atoms with Gasteiger partial charge in [0.2, 0.25) is 0 Å². The molecule has 0 aromatic carbocycles. The van der Waals surface area contributed by atoms with Gasteiger partial charge in [-0.25, -0.2) is 9.50 Å². The highest BCUT2D eigenvalue weighted by molar-refractivity contribution is 5.61. The zero-order valence-electron chi connectivity index (χ0n) is 11.7. The Balaban J connectivity index is 1.98. The van der Waals surface area contributed by atoms with Crippen LogP contribution < -0.4 is 5.56 Å². The van der Waals surface area contributed by atoms with Gasteiger partial charge in [-0.3, -0.25) is 9.89 Å². The molecule has 3 aromatic heterocycles. The van der Waals surface area contributed by atoms with Gasteiger partial charge in [0, 0.05) is 12.3 Å². The topological polar surface area (TPSA) is 63.3 Å². The molecule has 1 saturated carbocycles. The zero-order valence-corrected chi connectivity index (χ0v) is 11.7. The van der Waals surface area contributed by atoms with Crippen molar-refractivity contribution in [3.63, 3.8) is 0 Å². The molecule has 1 fully saturated rings. The minimum atomic E-state index is 0.00306. The van der Waals surface area contributed by atoms with E-state index in [0.29, 0.717) is 17.1 Å². The fourth-order valence-corrected chi connectivity index (χ4v) is 3.33. The van der Waals surface area contributed by atoms with Crippen LogP contribution in [0.3, 0.4) is 0 Å². The molecule has 21 heavy (non-hydrogen) atoms. The number of hydrogen-bond acceptors (Lipinski definition) is 3. The highest BCUT2D eigenvalue weighted by Crippen LogP contribution is 2.35. The Bertz CT molecular complexity index is 808. The minimum absolute atomic E-state index is 0.00306. The lowest BCUT2D eigenvalue weighted by atomic mass is 9.83. The van der Waals surface area contributed by atoms with Gasteiger partial charge in [0.25, 0.3) is 5.56 Å². The third-order valence-electron chi connectivity index (χ3n) is 4.35. The van der Waals surface area contributed by atoms with E-state index in [1.807, 2.05) is 12.1 Å². The summed E-state index contributed by atoms with van der Waals surface area (Å²) >= 11 is 0. The van der Waals surface area contributed by atoms with Crippen molar-refractivity contribution >= 4 is 5.65 Å². The molecule has 0 radical (unpaired) electrons. The molecule has 0 aliphatic heterocycles. The third-order valence-corrected chi connectivity index (χ3v) is 4.35. The van der Waals surface area contributed by atoms with E-state index in [1.165, 1.54) is 23.8 Å². The Morgan fingerprint density at radius 1 is 1.24 bits per heavy atom. The first kappa shape index (κ1) is 12.4. The molecule has 5 heteroatoms. The number of hydrogen-bond donors (Lipinski definition) is 1. The third kappa shape index (κ3) is 2.00. The highest BCUT2D eigenvalue weighted by Gasteiger charge is 2.25. The van der Waals surface area contributed by atoms with Crippen molar-refractivity contribution in [2.75, 3.05) is 0 Å². The van der Waals surface area contributed by atoms with E-state index < -0.39 is 0 Å². The predicted molar refractivity (Wildman–Crippen MR) is 79.3 cm³/mol. The quantitative estimate of drug-likeness (QED) is 0.784. The van der Waals surface area contributed by atoms with Gasteiger partial charge in [0.15, 0.2) is 11.4 Å². The van der Waals surface area contributed by atoms with E-state index >= 15 is 0 Å². The number of H-pyrrole nitrogens is 1. The van der Waals surface area contributed by atoms with E-state index in [1.54, 1.807) is 18.5 Å². The Morgan fingerprint density at radius 3 is 2.86 bits per heavy atom. The van der Waals surface area contributed by atoms with Crippen LogP contribution in [0.5, 0.6) is 0 Å². The molecule has 1 N–H and O–H groups in total. The van der Waals surface area contributed by atoms with Crippen LogP contribution in [0.1, 0.15) is 43.6 Å². The Kier molecular flexibility index (Phi) is 2.91. The molecular weight excluding hydrogens is 266 g/mol. The maximum atomic E-state index is 12.9. The molecular formula is C16H17N3O2. The summed E-state index contributed by atoms with van der Waals surface area (Å²) in [5, 5.41) is 2.95. The van der Waals surface area contributed by atoms with Crippen molar-refractivity contribution in [2.45, 2.75) is 38.0 Å². The zero-order chi connectivity index (χ0) is 14.2. The number of fused-ring (bicyclic) bond motifs is 1. The number of nitrogens with one attached hydrogen (secondary N) is 1. The first-order valence-corrected chi connectivity index (χ1v) is 7.48. The lowest BCUT2D eigenvalue weighted by molar-refractivity contribution is 0.439. The summed E-state index contributed by atoms with van der Waals surface area (Å²) in [6, 6.07) is 5.51. The molecule has 108 valence electrons. The maximum absolute atomic E-state index is 12.9. The molecule has 3 aromatic rings. The molecule has 0 atom stereocenters. The van der Waals surface area contributed by atoms with E-state index in [0.717, 1.165) is 18.4 Å². The summed E-state index contributed by atoms with van der Waals surface area (Å²) in [6.45, 7) is 0. The summed E-state index contributed by atoms with van der Waals surface area (Å²) in [5.41, 5.74) is 2.13. The normalized spacial score (nSPS) is 16.6. The molecule has 0 amide bonds. The lowest BCUT2D eigenvalue weighted by Gasteiger charge is -2.22. The van der Waals surface area contributed by atoms with Gasteiger partial charge in [-0.15, -0.1) is 0 Å². The molecule has 5 nitrogen and oxygen atoms in total. The van der Waals surface area contributed by atoms with Crippen LogP contribution in [0.25, 0.3) is 17.1 Å². The van der Waals surface area contributed by atoms with Crippen molar-refractivity contribution in [3.8, 4) is 11.5 Å². The number of nitrogens with zero attached hydrogens (tertiary/aromatic N) is 2. The molecule has 0 unspecified atom stereocenters. The maximum Gasteiger partial charge on any atom is 0.276 e. The summed E-state index contributed by atoms with van der Waals surface area (Å²) in [4.78, 5) is 17.5. The van der Waals surface area contributed by atoms with Crippen molar-refractivity contribution in [3.05, 3.63) is 46.6 Å². The molecule has 1 aliphatic rings. The first-order chi connectivity index (χ1) is 10.3. The van der Waals surface area contributed by atoms with Gasteiger partial charge < -0.3 is 4.42 Å². The van der Waals surface area contributed by atoms with Crippen LogP contribution in [0.4, 0.5) is 0 Å². The van der Waals surface area contributed by atoms with Gasteiger partial charge in [0.1, 0.15) is 5.69 Å². The predicted octanol–water partition coefficient (Wildman–Crippen LogP) is 3.33. The Hall–Kier alpha value is -2.30. The van der Waals surface area contributed by atoms with Gasteiger partial charge in [-0.2, -0.15) is 0 Å². The monoisotopic (exact) mass is 283 g/mol. The SMILES string of the molecule is O=c1c(C2CCCCC2)c(-c2ccco2)nc2cc[nH]n12. The summed E-state index contributed by atoms with van der Waals surface area (Å²) in [6.07, 6.45) is 9.08. The fraction of sp³-hybridized carbons (Fsp3) is 0.375. The summed E-state index contributed by atoms with van der Waals surface area (Å²) in [7, 11) is 0. The van der Waals surface area contributed by atoms with Crippen LogP contribution in [0.15, 0.2) is 39.9 Å². The van der Waals surface area contributed by atoms with Crippen LogP contribution in [-0.4, -0.2) is 14.6 Å². The average Bonchev–Trinajstić information content (AvgIpc) is 3.19. The van der Waals surface area contributed by atoms with Crippen LogP contribution in [-0.2, 0) is 0 Å². The molecule has 4 rings (SSSR count).